The number of aryl methyl sites for hydroxylation is 1. The maximum atomic E-state index is 12.8. The van der Waals surface area contributed by atoms with Crippen molar-refractivity contribution in [3.63, 3.8) is 0 Å². The predicted molar refractivity (Wildman–Crippen MR) is 111 cm³/mol. The van der Waals surface area contributed by atoms with Crippen molar-refractivity contribution < 1.29 is 13.2 Å². The fraction of sp³-hybridized carbons (Fsp3) is 0.316. The zero-order chi connectivity index (χ0) is 20.2. The van der Waals surface area contributed by atoms with Gasteiger partial charge in [-0.2, -0.15) is 0 Å². The molecule has 0 aliphatic carbocycles. The van der Waals surface area contributed by atoms with E-state index in [-0.39, 0.29) is 12.5 Å². The molecule has 0 aliphatic rings. The lowest BCUT2D eigenvalue weighted by atomic mass is 10.1. The minimum atomic E-state index is -3.70. The highest BCUT2D eigenvalue weighted by Crippen LogP contribution is 2.27. The number of benzene rings is 2. The van der Waals surface area contributed by atoms with Gasteiger partial charge in [0.2, 0.25) is 15.9 Å². The molecule has 2 aromatic rings. The van der Waals surface area contributed by atoms with Crippen LogP contribution in [0.15, 0.2) is 42.5 Å². The van der Waals surface area contributed by atoms with E-state index >= 15 is 0 Å². The first-order valence-electron chi connectivity index (χ1n) is 8.41. The van der Waals surface area contributed by atoms with E-state index < -0.39 is 16.1 Å². The number of hydrogen-bond acceptors (Lipinski definition) is 3. The first-order valence-corrected chi connectivity index (χ1v) is 11.0. The molecule has 0 saturated carbocycles. The van der Waals surface area contributed by atoms with Gasteiger partial charge in [-0.3, -0.25) is 9.10 Å². The SMILES string of the molecule is CC[C@H](C(=O)NCc1ccc(Cl)cc1)N(c1ccc(C)c(Cl)c1)S(C)(=O)=O. The summed E-state index contributed by atoms with van der Waals surface area (Å²) in [7, 11) is -3.70. The van der Waals surface area contributed by atoms with Crippen LogP contribution in [0.25, 0.3) is 0 Å². The first kappa shape index (κ1) is 21.5. The largest absolute Gasteiger partial charge is 0.350 e. The zero-order valence-electron chi connectivity index (χ0n) is 15.4. The Hall–Kier alpha value is -1.76. The molecule has 0 radical (unpaired) electrons. The Kier molecular flexibility index (Phi) is 7.14. The van der Waals surface area contributed by atoms with Gasteiger partial charge in [-0.1, -0.05) is 48.3 Å². The van der Waals surface area contributed by atoms with E-state index in [1.54, 1.807) is 49.4 Å². The van der Waals surface area contributed by atoms with Crippen LogP contribution in [0.2, 0.25) is 10.0 Å². The Bertz CT molecular complexity index is 915. The summed E-state index contributed by atoms with van der Waals surface area (Å²) in [5, 5.41) is 3.85. The van der Waals surface area contributed by atoms with Gasteiger partial charge in [-0.15, -0.1) is 0 Å². The standard InChI is InChI=1S/C19H22Cl2N2O3S/c1-4-18(19(24)22-12-14-6-8-15(20)9-7-14)23(27(3,25)26)16-10-5-13(2)17(21)11-16/h5-11,18H,4,12H2,1-3H3,(H,22,24)/t18-/m1/s1. The number of amides is 1. The molecular weight excluding hydrogens is 407 g/mol. The molecule has 1 amide bonds. The number of halogens is 2. The Morgan fingerprint density at radius 1 is 1.15 bits per heavy atom. The molecule has 5 nitrogen and oxygen atoms in total. The molecule has 27 heavy (non-hydrogen) atoms. The molecule has 0 spiro atoms. The lowest BCUT2D eigenvalue weighted by Crippen LogP contribution is -2.49. The monoisotopic (exact) mass is 428 g/mol. The van der Waals surface area contributed by atoms with Crippen LogP contribution in [-0.4, -0.2) is 26.6 Å². The molecule has 1 N–H and O–H groups in total. The Morgan fingerprint density at radius 2 is 1.78 bits per heavy atom. The zero-order valence-corrected chi connectivity index (χ0v) is 17.7. The van der Waals surface area contributed by atoms with Crippen molar-refractivity contribution in [3.8, 4) is 0 Å². The number of carbonyl (C=O) groups excluding carboxylic acids is 1. The minimum absolute atomic E-state index is 0.277. The molecule has 146 valence electrons. The summed E-state index contributed by atoms with van der Waals surface area (Å²) in [5.74, 6) is -0.380. The summed E-state index contributed by atoms with van der Waals surface area (Å²) in [6.45, 7) is 3.87. The molecule has 2 rings (SSSR count). The molecule has 8 heteroatoms. The highest BCUT2D eigenvalue weighted by molar-refractivity contribution is 7.92. The summed E-state index contributed by atoms with van der Waals surface area (Å²) in [6.07, 6.45) is 1.39. The smallest absolute Gasteiger partial charge is 0.244 e. The second-order valence-electron chi connectivity index (χ2n) is 6.26. The number of nitrogens with one attached hydrogen (secondary N) is 1. The van der Waals surface area contributed by atoms with Crippen LogP contribution >= 0.6 is 23.2 Å². The minimum Gasteiger partial charge on any atom is -0.350 e. The van der Waals surface area contributed by atoms with Gasteiger partial charge in [0.1, 0.15) is 6.04 Å². The van der Waals surface area contributed by atoms with Gasteiger partial charge in [0.25, 0.3) is 0 Å². The number of nitrogens with zero attached hydrogens (tertiary/aromatic N) is 1. The van der Waals surface area contributed by atoms with E-state index in [4.69, 9.17) is 23.2 Å². The molecule has 0 fully saturated rings. The fourth-order valence-corrected chi connectivity index (χ4v) is 4.19. The topological polar surface area (TPSA) is 66.5 Å². The summed E-state index contributed by atoms with van der Waals surface area (Å²) in [5.41, 5.74) is 2.06. The maximum absolute atomic E-state index is 12.8. The Morgan fingerprint density at radius 3 is 2.30 bits per heavy atom. The molecule has 0 heterocycles. The maximum Gasteiger partial charge on any atom is 0.244 e. The molecule has 0 bridgehead atoms. The van der Waals surface area contributed by atoms with Crippen LogP contribution in [0.5, 0.6) is 0 Å². The number of sulfonamides is 1. The Labute approximate surface area is 170 Å². The van der Waals surface area contributed by atoms with E-state index in [1.807, 2.05) is 6.92 Å². The van der Waals surface area contributed by atoms with Gasteiger partial charge >= 0.3 is 0 Å². The van der Waals surface area contributed by atoms with Gasteiger partial charge < -0.3 is 5.32 Å². The van der Waals surface area contributed by atoms with Gasteiger partial charge in [-0.25, -0.2) is 8.42 Å². The van der Waals surface area contributed by atoms with Gasteiger partial charge in [0.05, 0.1) is 11.9 Å². The lowest BCUT2D eigenvalue weighted by molar-refractivity contribution is -0.122. The summed E-state index contributed by atoms with van der Waals surface area (Å²) < 4.78 is 26.0. The van der Waals surface area contributed by atoms with Crippen molar-refractivity contribution in [2.24, 2.45) is 0 Å². The quantitative estimate of drug-likeness (QED) is 0.719. The third-order valence-electron chi connectivity index (χ3n) is 4.12. The predicted octanol–water partition coefficient (Wildman–Crippen LogP) is 4.16. The van der Waals surface area contributed by atoms with Crippen LogP contribution < -0.4 is 9.62 Å². The second kappa shape index (κ2) is 8.95. The molecule has 2 aromatic carbocycles. The average molecular weight is 429 g/mol. The van der Waals surface area contributed by atoms with E-state index in [1.165, 1.54) is 0 Å². The van der Waals surface area contributed by atoms with E-state index in [0.29, 0.717) is 22.2 Å². The van der Waals surface area contributed by atoms with E-state index in [2.05, 4.69) is 5.32 Å². The lowest BCUT2D eigenvalue weighted by Gasteiger charge is -2.30. The molecule has 0 aliphatic heterocycles. The molecule has 1 atom stereocenters. The molecule has 0 unspecified atom stereocenters. The molecule has 0 aromatic heterocycles. The fourth-order valence-electron chi connectivity index (χ4n) is 2.69. The molecule has 0 saturated heterocycles. The van der Waals surface area contributed by atoms with Crippen molar-refractivity contribution in [2.75, 3.05) is 10.6 Å². The number of carbonyl (C=O) groups is 1. The van der Waals surface area contributed by atoms with Gasteiger partial charge in [0.15, 0.2) is 0 Å². The number of rotatable bonds is 7. The third kappa shape index (κ3) is 5.61. The van der Waals surface area contributed by atoms with Crippen LogP contribution in [0.1, 0.15) is 24.5 Å². The van der Waals surface area contributed by atoms with Gasteiger partial charge in [-0.05, 0) is 48.7 Å². The van der Waals surface area contributed by atoms with Crippen LogP contribution in [0, 0.1) is 6.92 Å². The second-order valence-corrected chi connectivity index (χ2v) is 8.96. The summed E-state index contributed by atoms with van der Waals surface area (Å²) in [4.78, 5) is 12.8. The average Bonchev–Trinajstić information content (AvgIpc) is 2.60. The van der Waals surface area contributed by atoms with Gasteiger partial charge in [0, 0.05) is 16.6 Å². The van der Waals surface area contributed by atoms with Crippen molar-refractivity contribution in [3.05, 3.63) is 63.6 Å². The summed E-state index contributed by atoms with van der Waals surface area (Å²) >= 11 is 12.0. The van der Waals surface area contributed by atoms with Crippen molar-refractivity contribution in [2.45, 2.75) is 32.9 Å². The molecular formula is C19H22Cl2N2O3S. The van der Waals surface area contributed by atoms with Crippen molar-refractivity contribution >= 4 is 44.8 Å². The highest BCUT2D eigenvalue weighted by Gasteiger charge is 2.31. The number of hydrogen-bond donors (Lipinski definition) is 1. The highest BCUT2D eigenvalue weighted by atomic mass is 35.5. The van der Waals surface area contributed by atoms with E-state index in [0.717, 1.165) is 21.7 Å². The van der Waals surface area contributed by atoms with Crippen LogP contribution in [0.4, 0.5) is 5.69 Å². The Balaban J connectivity index is 2.27. The van der Waals surface area contributed by atoms with Crippen molar-refractivity contribution in [1.82, 2.24) is 5.32 Å². The van der Waals surface area contributed by atoms with Crippen molar-refractivity contribution in [1.29, 1.82) is 0 Å². The van der Waals surface area contributed by atoms with Crippen LogP contribution in [-0.2, 0) is 21.4 Å². The van der Waals surface area contributed by atoms with E-state index in [9.17, 15) is 13.2 Å². The normalized spacial score (nSPS) is 12.5. The summed E-state index contributed by atoms with van der Waals surface area (Å²) in [6, 6.07) is 11.1. The first-order chi connectivity index (χ1) is 12.6. The number of anilines is 1. The third-order valence-corrected chi connectivity index (χ3v) is 5.96. The van der Waals surface area contributed by atoms with Crippen LogP contribution in [0.3, 0.4) is 0 Å².